The van der Waals surface area contributed by atoms with Crippen molar-refractivity contribution in [2.75, 3.05) is 0 Å². The average Bonchev–Trinajstić information content (AvgIpc) is 2.07. The van der Waals surface area contributed by atoms with E-state index in [1.807, 2.05) is 13.0 Å². The first-order valence-electron chi connectivity index (χ1n) is 3.63. The van der Waals surface area contributed by atoms with Gasteiger partial charge < -0.3 is 10.5 Å². The van der Waals surface area contributed by atoms with Gasteiger partial charge in [0.05, 0.1) is 5.69 Å². The fraction of sp³-hybridized carbons (Fsp3) is 0.250. The van der Waals surface area contributed by atoms with Crippen molar-refractivity contribution < 1.29 is 9.53 Å². The maximum absolute atomic E-state index is 10.4. The molecule has 4 nitrogen and oxygen atoms in total. The molecule has 0 spiro atoms. The van der Waals surface area contributed by atoms with Crippen LogP contribution >= 0.6 is 15.9 Å². The van der Waals surface area contributed by atoms with Gasteiger partial charge in [0.1, 0.15) is 0 Å². The minimum Gasteiger partial charge on any atom is -0.391 e. The van der Waals surface area contributed by atoms with Crippen molar-refractivity contribution in [3.63, 3.8) is 0 Å². The van der Waals surface area contributed by atoms with Gasteiger partial charge >= 0.3 is 6.09 Å². The minimum absolute atomic E-state index is 0.229. The molecule has 0 aliphatic heterocycles. The Bertz CT molecular complexity index is 328. The molecule has 0 saturated heterocycles. The molecule has 70 valence electrons. The molecule has 1 heterocycles. The second kappa shape index (κ2) is 4.23. The van der Waals surface area contributed by atoms with Gasteiger partial charge in [-0.3, -0.25) is 0 Å². The van der Waals surface area contributed by atoms with E-state index in [2.05, 4.69) is 25.7 Å². The van der Waals surface area contributed by atoms with Crippen molar-refractivity contribution >= 4 is 22.0 Å². The predicted molar refractivity (Wildman–Crippen MR) is 51.8 cm³/mol. The Kier molecular flexibility index (Phi) is 3.25. The molecular weight excluding hydrogens is 236 g/mol. The molecule has 1 amide bonds. The Hall–Kier alpha value is -1.10. The molecule has 1 aromatic heterocycles. The second-order valence-corrected chi connectivity index (χ2v) is 3.03. The summed E-state index contributed by atoms with van der Waals surface area (Å²) < 4.78 is 4.62. The van der Waals surface area contributed by atoms with Gasteiger partial charge in [-0.1, -0.05) is 22.0 Å². The number of carbonyl (C=O) groups excluding carboxylic acids is 1. The zero-order valence-corrected chi connectivity index (χ0v) is 8.67. The lowest BCUT2D eigenvalue weighted by Gasteiger charge is -2.03. The Morgan fingerprint density at radius 3 is 2.92 bits per heavy atom. The first-order chi connectivity index (χ1) is 6.13. The maximum Gasteiger partial charge on any atom is 0.411 e. The summed E-state index contributed by atoms with van der Waals surface area (Å²) in [6.45, 7) is 1.93. The number of primary amides is 1. The van der Waals surface area contributed by atoms with E-state index in [0.29, 0.717) is 5.33 Å². The molecule has 1 rings (SSSR count). The number of hydrogen-bond donors (Lipinski definition) is 1. The number of ether oxygens (including phenoxy) is 1. The summed E-state index contributed by atoms with van der Waals surface area (Å²) in [5, 5.41) is 0.620. The van der Waals surface area contributed by atoms with E-state index in [0.717, 1.165) is 11.3 Å². The van der Waals surface area contributed by atoms with E-state index in [1.54, 1.807) is 6.07 Å². The number of aryl methyl sites for hydroxylation is 1. The van der Waals surface area contributed by atoms with Gasteiger partial charge in [0, 0.05) is 11.4 Å². The van der Waals surface area contributed by atoms with Gasteiger partial charge in [0.25, 0.3) is 0 Å². The summed E-state index contributed by atoms with van der Waals surface area (Å²) in [6, 6.07) is 3.42. The van der Waals surface area contributed by atoms with Crippen LogP contribution in [0.3, 0.4) is 0 Å². The monoisotopic (exact) mass is 244 g/mol. The highest BCUT2D eigenvalue weighted by molar-refractivity contribution is 9.08. The first kappa shape index (κ1) is 9.98. The molecule has 1 aromatic rings. The molecule has 0 atom stereocenters. The lowest BCUT2D eigenvalue weighted by Crippen LogP contribution is -2.17. The van der Waals surface area contributed by atoms with Gasteiger partial charge in [0.15, 0.2) is 0 Å². The van der Waals surface area contributed by atoms with Crippen LogP contribution in [0.2, 0.25) is 0 Å². The SMILES string of the molecule is Cc1ccc(OC(N)=O)nc1CBr. The fourth-order valence-electron chi connectivity index (χ4n) is 0.846. The standard InChI is InChI=1S/C8H9BrN2O2/c1-5-2-3-7(13-8(10)12)11-6(5)4-9/h2-3H,4H2,1H3,(H2,10,12). The molecule has 0 unspecified atom stereocenters. The quantitative estimate of drug-likeness (QED) is 0.807. The normalized spacial score (nSPS) is 9.69. The number of amides is 1. The lowest BCUT2D eigenvalue weighted by molar-refractivity contribution is 0.209. The summed E-state index contributed by atoms with van der Waals surface area (Å²) in [4.78, 5) is 14.5. The third kappa shape index (κ3) is 2.69. The van der Waals surface area contributed by atoms with E-state index in [1.165, 1.54) is 0 Å². The molecule has 2 N–H and O–H groups in total. The fourth-order valence-corrected chi connectivity index (χ4v) is 1.41. The van der Waals surface area contributed by atoms with Crippen LogP contribution < -0.4 is 10.5 Å². The number of pyridine rings is 1. The summed E-state index contributed by atoms with van der Waals surface area (Å²) in [7, 11) is 0. The van der Waals surface area contributed by atoms with Gasteiger partial charge in [0.2, 0.25) is 5.88 Å². The van der Waals surface area contributed by atoms with Gasteiger partial charge in [-0.2, -0.15) is 0 Å². The van der Waals surface area contributed by atoms with Gasteiger partial charge in [-0.05, 0) is 12.5 Å². The highest BCUT2D eigenvalue weighted by Gasteiger charge is 2.03. The number of rotatable bonds is 2. The number of hydrogen-bond acceptors (Lipinski definition) is 3. The summed E-state index contributed by atoms with van der Waals surface area (Å²) in [6.07, 6.45) is -0.850. The van der Waals surface area contributed by atoms with Gasteiger partial charge in [-0.25, -0.2) is 9.78 Å². The number of aromatic nitrogens is 1. The largest absolute Gasteiger partial charge is 0.411 e. The van der Waals surface area contributed by atoms with E-state index < -0.39 is 6.09 Å². The molecule has 0 bridgehead atoms. The predicted octanol–water partition coefficient (Wildman–Crippen LogP) is 1.74. The first-order valence-corrected chi connectivity index (χ1v) is 4.75. The van der Waals surface area contributed by atoms with Crippen LogP contribution in [0.25, 0.3) is 0 Å². The van der Waals surface area contributed by atoms with Gasteiger partial charge in [-0.15, -0.1) is 0 Å². The number of nitrogens with zero attached hydrogens (tertiary/aromatic N) is 1. The van der Waals surface area contributed by atoms with Crippen molar-refractivity contribution in [1.82, 2.24) is 4.98 Å². The molecule has 0 aliphatic carbocycles. The van der Waals surface area contributed by atoms with Crippen molar-refractivity contribution in [2.45, 2.75) is 12.3 Å². The molecule has 5 heteroatoms. The Morgan fingerprint density at radius 1 is 1.69 bits per heavy atom. The number of carbonyl (C=O) groups is 1. The van der Waals surface area contributed by atoms with Crippen molar-refractivity contribution in [2.24, 2.45) is 5.73 Å². The minimum atomic E-state index is -0.850. The van der Waals surface area contributed by atoms with Crippen LogP contribution in [-0.4, -0.2) is 11.1 Å². The van der Waals surface area contributed by atoms with E-state index >= 15 is 0 Å². The van der Waals surface area contributed by atoms with Crippen molar-refractivity contribution in [3.8, 4) is 5.88 Å². The lowest BCUT2D eigenvalue weighted by atomic mass is 10.2. The van der Waals surface area contributed by atoms with E-state index in [9.17, 15) is 4.79 Å². The third-order valence-electron chi connectivity index (χ3n) is 1.51. The number of halogens is 1. The van der Waals surface area contributed by atoms with Crippen LogP contribution in [0.1, 0.15) is 11.3 Å². The Labute approximate surface area is 84.2 Å². The van der Waals surface area contributed by atoms with Crippen LogP contribution in [0, 0.1) is 6.92 Å². The molecular formula is C8H9BrN2O2. The zero-order valence-electron chi connectivity index (χ0n) is 7.08. The van der Waals surface area contributed by atoms with E-state index in [-0.39, 0.29) is 5.88 Å². The van der Waals surface area contributed by atoms with Crippen molar-refractivity contribution in [1.29, 1.82) is 0 Å². The highest BCUT2D eigenvalue weighted by Crippen LogP contribution is 2.14. The highest BCUT2D eigenvalue weighted by atomic mass is 79.9. The summed E-state index contributed by atoms with van der Waals surface area (Å²) in [5.74, 6) is 0.229. The molecule has 0 saturated carbocycles. The topological polar surface area (TPSA) is 65.2 Å². The van der Waals surface area contributed by atoms with Crippen LogP contribution in [0.5, 0.6) is 5.88 Å². The van der Waals surface area contributed by atoms with Crippen LogP contribution in [-0.2, 0) is 5.33 Å². The molecule has 0 radical (unpaired) electrons. The van der Waals surface area contributed by atoms with Crippen molar-refractivity contribution in [3.05, 3.63) is 23.4 Å². The average molecular weight is 245 g/mol. The number of nitrogens with two attached hydrogens (primary N) is 1. The third-order valence-corrected chi connectivity index (χ3v) is 2.04. The summed E-state index contributed by atoms with van der Waals surface area (Å²) in [5.41, 5.74) is 6.71. The molecule has 0 aromatic carbocycles. The molecule has 13 heavy (non-hydrogen) atoms. The Balaban J connectivity index is 2.92. The molecule has 0 fully saturated rings. The van der Waals surface area contributed by atoms with Crippen LogP contribution in [0.4, 0.5) is 4.79 Å². The molecule has 0 aliphatic rings. The summed E-state index contributed by atoms with van der Waals surface area (Å²) >= 11 is 3.27. The zero-order chi connectivity index (χ0) is 9.84. The Morgan fingerprint density at radius 2 is 2.38 bits per heavy atom. The van der Waals surface area contributed by atoms with Crippen LogP contribution in [0.15, 0.2) is 12.1 Å². The maximum atomic E-state index is 10.4. The van der Waals surface area contributed by atoms with E-state index in [4.69, 9.17) is 5.73 Å². The number of alkyl halides is 1. The smallest absolute Gasteiger partial charge is 0.391 e. The second-order valence-electron chi connectivity index (χ2n) is 2.47.